The van der Waals surface area contributed by atoms with E-state index in [-0.39, 0.29) is 11.9 Å². The Bertz CT molecular complexity index is 366. The molecule has 0 spiro atoms. The lowest BCUT2D eigenvalue weighted by Gasteiger charge is -2.21. The predicted molar refractivity (Wildman–Crippen MR) is 77.7 cm³/mol. The van der Waals surface area contributed by atoms with Crippen LogP contribution in [0.4, 0.5) is 4.39 Å². The summed E-state index contributed by atoms with van der Waals surface area (Å²) in [5.41, 5.74) is 0.900. The molecule has 0 aromatic heterocycles. The first-order valence-electron chi connectivity index (χ1n) is 7.09. The molecule has 0 saturated carbocycles. The van der Waals surface area contributed by atoms with Crippen molar-refractivity contribution in [1.82, 2.24) is 5.32 Å². The van der Waals surface area contributed by atoms with Crippen molar-refractivity contribution in [2.75, 3.05) is 13.2 Å². The quantitative estimate of drug-likeness (QED) is 0.770. The van der Waals surface area contributed by atoms with Crippen molar-refractivity contribution in [3.05, 3.63) is 35.6 Å². The molecule has 108 valence electrons. The molecule has 1 aromatic carbocycles. The van der Waals surface area contributed by atoms with Gasteiger partial charge in [0.1, 0.15) is 5.82 Å². The SMILES string of the molecule is CC(C)CCOC(CNC(C)C)c1cccc(F)c1. The van der Waals surface area contributed by atoms with Crippen molar-refractivity contribution in [3.63, 3.8) is 0 Å². The first-order chi connectivity index (χ1) is 8.99. The van der Waals surface area contributed by atoms with E-state index in [1.807, 2.05) is 6.07 Å². The molecule has 1 aromatic rings. The van der Waals surface area contributed by atoms with Gasteiger partial charge >= 0.3 is 0 Å². The van der Waals surface area contributed by atoms with Crippen molar-refractivity contribution < 1.29 is 9.13 Å². The van der Waals surface area contributed by atoms with Gasteiger partial charge in [0.2, 0.25) is 0 Å². The van der Waals surface area contributed by atoms with Gasteiger partial charge in [0.15, 0.2) is 0 Å². The summed E-state index contributed by atoms with van der Waals surface area (Å²) in [4.78, 5) is 0. The number of nitrogens with one attached hydrogen (secondary N) is 1. The van der Waals surface area contributed by atoms with E-state index >= 15 is 0 Å². The van der Waals surface area contributed by atoms with E-state index in [4.69, 9.17) is 4.74 Å². The molecule has 0 amide bonds. The molecule has 0 heterocycles. The summed E-state index contributed by atoms with van der Waals surface area (Å²) >= 11 is 0. The maximum Gasteiger partial charge on any atom is 0.123 e. The van der Waals surface area contributed by atoms with E-state index in [2.05, 4.69) is 33.0 Å². The topological polar surface area (TPSA) is 21.3 Å². The van der Waals surface area contributed by atoms with Crippen LogP contribution in [0.5, 0.6) is 0 Å². The highest BCUT2D eigenvalue weighted by atomic mass is 19.1. The van der Waals surface area contributed by atoms with Crippen molar-refractivity contribution >= 4 is 0 Å². The minimum Gasteiger partial charge on any atom is -0.372 e. The molecule has 1 N–H and O–H groups in total. The zero-order chi connectivity index (χ0) is 14.3. The molecule has 1 rings (SSSR count). The average Bonchev–Trinajstić information content (AvgIpc) is 2.32. The van der Waals surface area contributed by atoms with E-state index in [0.717, 1.165) is 12.0 Å². The Morgan fingerprint density at radius 1 is 1.21 bits per heavy atom. The molecule has 0 aliphatic rings. The highest BCUT2D eigenvalue weighted by Crippen LogP contribution is 2.19. The summed E-state index contributed by atoms with van der Waals surface area (Å²) in [7, 11) is 0. The molecule has 0 aliphatic carbocycles. The summed E-state index contributed by atoms with van der Waals surface area (Å²) in [6.07, 6.45) is 0.935. The van der Waals surface area contributed by atoms with Gasteiger partial charge in [0.25, 0.3) is 0 Å². The summed E-state index contributed by atoms with van der Waals surface area (Å²) in [6.45, 7) is 9.95. The molecule has 1 atom stereocenters. The van der Waals surface area contributed by atoms with Gasteiger partial charge < -0.3 is 10.1 Å². The first-order valence-corrected chi connectivity index (χ1v) is 7.09. The number of hydrogen-bond donors (Lipinski definition) is 1. The predicted octanol–water partition coefficient (Wildman–Crippen LogP) is 3.93. The molecule has 0 bridgehead atoms. The third-order valence-corrected chi connectivity index (χ3v) is 2.95. The van der Waals surface area contributed by atoms with Crippen LogP contribution in [0.3, 0.4) is 0 Å². The fourth-order valence-corrected chi connectivity index (χ4v) is 1.77. The maximum absolute atomic E-state index is 13.3. The molecule has 0 fully saturated rings. The third kappa shape index (κ3) is 6.69. The minimum absolute atomic E-state index is 0.0862. The molecular weight excluding hydrogens is 241 g/mol. The fraction of sp³-hybridized carbons (Fsp3) is 0.625. The van der Waals surface area contributed by atoms with Crippen LogP contribution in [0.1, 0.15) is 45.8 Å². The molecule has 1 unspecified atom stereocenters. The molecule has 19 heavy (non-hydrogen) atoms. The summed E-state index contributed by atoms with van der Waals surface area (Å²) < 4.78 is 19.2. The van der Waals surface area contributed by atoms with Gasteiger partial charge in [-0.25, -0.2) is 4.39 Å². The summed E-state index contributed by atoms with van der Waals surface area (Å²) in [5.74, 6) is 0.408. The molecule has 0 radical (unpaired) electrons. The van der Waals surface area contributed by atoms with Crippen LogP contribution in [0.25, 0.3) is 0 Å². The number of rotatable bonds is 8. The number of benzene rings is 1. The van der Waals surface area contributed by atoms with Gasteiger partial charge in [-0.3, -0.25) is 0 Å². The standard InChI is InChI=1S/C16H26FNO/c1-12(2)8-9-19-16(11-18-13(3)4)14-6-5-7-15(17)10-14/h5-7,10,12-13,16,18H,8-9,11H2,1-4H3. The lowest BCUT2D eigenvalue weighted by molar-refractivity contribution is 0.0444. The van der Waals surface area contributed by atoms with Crippen LogP contribution < -0.4 is 5.32 Å². The van der Waals surface area contributed by atoms with Crippen LogP contribution >= 0.6 is 0 Å². The van der Waals surface area contributed by atoms with Gasteiger partial charge in [0.05, 0.1) is 6.10 Å². The smallest absolute Gasteiger partial charge is 0.123 e. The van der Waals surface area contributed by atoms with Crippen LogP contribution in [0.2, 0.25) is 0 Å². The Balaban J connectivity index is 2.62. The van der Waals surface area contributed by atoms with Crippen LogP contribution in [-0.2, 0) is 4.74 Å². The zero-order valence-corrected chi connectivity index (χ0v) is 12.4. The van der Waals surface area contributed by atoms with Crippen LogP contribution in [-0.4, -0.2) is 19.2 Å². The van der Waals surface area contributed by atoms with Crippen molar-refractivity contribution in [2.24, 2.45) is 5.92 Å². The van der Waals surface area contributed by atoms with Crippen molar-refractivity contribution in [3.8, 4) is 0 Å². The van der Waals surface area contributed by atoms with E-state index < -0.39 is 0 Å². The Morgan fingerprint density at radius 3 is 2.53 bits per heavy atom. The van der Waals surface area contributed by atoms with Crippen LogP contribution in [0.15, 0.2) is 24.3 Å². The second-order valence-electron chi connectivity index (χ2n) is 5.66. The van der Waals surface area contributed by atoms with Crippen molar-refractivity contribution in [1.29, 1.82) is 0 Å². The van der Waals surface area contributed by atoms with Gasteiger partial charge in [-0.2, -0.15) is 0 Å². The largest absolute Gasteiger partial charge is 0.372 e. The van der Waals surface area contributed by atoms with E-state index in [1.54, 1.807) is 12.1 Å². The Kier molecular flexibility index (Phi) is 7.03. The normalized spacial score (nSPS) is 13.2. The highest BCUT2D eigenvalue weighted by Gasteiger charge is 2.13. The van der Waals surface area contributed by atoms with E-state index in [9.17, 15) is 4.39 Å². The number of halogens is 1. The second kappa shape index (κ2) is 8.28. The van der Waals surface area contributed by atoms with Crippen LogP contribution in [0, 0.1) is 11.7 Å². The average molecular weight is 267 g/mol. The Morgan fingerprint density at radius 2 is 1.95 bits per heavy atom. The summed E-state index contributed by atoms with van der Waals surface area (Å²) in [5, 5.41) is 3.35. The first kappa shape index (κ1) is 16.1. The molecular formula is C16H26FNO. The van der Waals surface area contributed by atoms with Gasteiger partial charge in [-0.05, 0) is 30.0 Å². The molecule has 2 nitrogen and oxygen atoms in total. The molecule has 0 saturated heterocycles. The summed E-state index contributed by atoms with van der Waals surface area (Å²) in [6, 6.07) is 7.07. The van der Waals surface area contributed by atoms with Gasteiger partial charge in [-0.15, -0.1) is 0 Å². The third-order valence-electron chi connectivity index (χ3n) is 2.95. The lowest BCUT2D eigenvalue weighted by Crippen LogP contribution is -2.29. The minimum atomic E-state index is -0.209. The van der Waals surface area contributed by atoms with E-state index in [1.165, 1.54) is 6.07 Å². The zero-order valence-electron chi connectivity index (χ0n) is 12.4. The number of ether oxygens (including phenoxy) is 1. The maximum atomic E-state index is 13.3. The van der Waals surface area contributed by atoms with E-state index in [0.29, 0.717) is 25.1 Å². The van der Waals surface area contributed by atoms with Gasteiger partial charge in [0, 0.05) is 19.2 Å². The Labute approximate surface area is 116 Å². The fourth-order valence-electron chi connectivity index (χ4n) is 1.77. The Hall–Kier alpha value is -0.930. The number of hydrogen-bond acceptors (Lipinski definition) is 2. The molecule has 0 aliphatic heterocycles. The highest BCUT2D eigenvalue weighted by molar-refractivity contribution is 5.19. The van der Waals surface area contributed by atoms with Crippen molar-refractivity contribution in [2.45, 2.75) is 46.3 Å². The molecule has 3 heteroatoms. The van der Waals surface area contributed by atoms with Gasteiger partial charge in [-0.1, -0.05) is 39.8 Å². The monoisotopic (exact) mass is 267 g/mol. The second-order valence-corrected chi connectivity index (χ2v) is 5.66. The lowest BCUT2D eigenvalue weighted by atomic mass is 10.1.